The maximum absolute atomic E-state index is 14.0. The van der Waals surface area contributed by atoms with Crippen molar-refractivity contribution in [3.63, 3.8) is 0 Å². The van der Waals surface area contributed by atoms with Gasteiger partial charge in [-0.15, -0.1) is 0 Å². The molecule has 0 fully saturated rings. The number of rotatable bonds is 11. The van der Waals surface area contributed by atoms with Gasteiger partial charge in [-0.3, -0.25) is 24.0 Å². The van der Waals surface area contributed by atoms with Gasteiger partial charge in [-0.1, -0.05) is 65.7 Å². The second-order valence-corrected chi connectivity index (χ2v) is 11.8. The summed E-state index contributed by atoms with van der Waals surface area (Å²) in [6.45, 7) is 0.644. The topological polar surface area (TPSA) is 130 Å². The minimum atomic E-state index is -4.10. The Morgan fingerprint density at radius 2 is 1.65 bits per heavy atom. The number of nitrogens with one attached hydrogen (secondary N) is 1. The fourth-order valence-electron chi connectivity index (χ4n) is 4.15. The van der Waals surface area contributed by atoms with E-state index in [1.165, 1.54) is 24.1 Å². The van der Waals surface area contributed by atoms with Crippen LogP contribution in [-0.2, 0) is 32.6 Å². The highest BCUT2D eigenvalue weighted by Gasteiger charge is 2.34. The fourth-order valence-corrected chi connectivity index (χ4v) is 5.57. The Balaban J connectivity index is 2.12. The van der Waals surface area contributed by atoms with Crippen LogP contribution < -0.4 is 9.62 Å². The summed E-state index contributed by atoms with van der Waals surface area (Å²) in [5.74, 6) is -1.23. The lowest BCUT2D eigenvalue weighted by Gasteiger charge is -2.33. The molecule has 0 aliphatic carbocycles. The number of amides is 2. The Kier molecular flexibility index (Phi) is 10.1. The molecule has 0 spiro atoms. The van der Waals surface area contributed by atoms with E-state index in [0.29, 0.717) is 11.1 Å². The van der Waals surface area contributed by atoms with Gasteiger partial charge in [0.25, 0.3) is 5.69 Å². The first-order chi connectivity index (χ1) is 18.8. The van der Waals surface area contributed by atoms with E-state index in [2.05, 4.69) is 5.32 Å². The van der Waals surface area contributed by atoms with Crippen LogP contribution >= 0.6 is 23.2 Å². The molecule has 13 heteroatoms. The molecular weight excluding hydrogens is 579 g/mol. The molecule has 212 valence electrons. The zero-order valence-electron chi connectivity index (χ0n) is 22.0. The lowest BCUT2D eigenvalue weighted by molar-refractivity contribution is -0.384. The van der Waals surface area contributed by atoms with Gasteiger partial charge in [-0.05, 0) is 30.2 Å². The number of aryl methyl sites for hydroxylation is 1. The van der Waals surface area contributed by atoms with E-state index in [1.807, 2.05) is 6.07 Å². The fraction of sp³-hybridized carbons (Fsp3) is 0.259. The van der Waals surface area contributed by atoms with Gasteiger partial charge in [-0.2, -0.15) is 0 Å². The van der Waals surface area contributed by atoms with Crippen molar-refractivity contribution < 1.29 is 22.9 Å². The molecule has 0 aromatic heterocycles. The third-order valence-corrected chi connectivity index (χ3v) is 8.09. The van der Waals surface area contributed by atoms with Crippen LogP contribution in [-0.4, -0.2) is 55.9 Å². The first kappa shape index (κ1) is 30.9. The molecule has 0 saturated heterocycles. The molecule has 0 heterocycles. The number of halogens is 2. The van der Waals surface area contributed by atoms with Crippen molar-refractivity contribution in [3.8, 4) is 0 Å². The molecular formula is C27H28Cl2N4O6S. The predicted octanol–water partition coefficient (Wildman–Crippen LogP) is 4.36. The van der Waals surface area contributed by atoms with Crippen LogP contribution in [0.2, 0.25) is 10.0 Å². The van der Waals surface area contributed by atoms with Gasteiger partial charge in [0.2, 0.25) is 21.8 Å². The van der Waals surface area contributed by atoms with Crippen molar-refractivity contribution in [1.29, 1.82) is 0 Å². The van der Waals surface area contributed by atoms with Gasteiger partial charge in [0.15, 0.2) is 0 Å². The van der Waals surface area contributed by atoms with Crippen molar-refractivity contribution in [2.45, 2.75) is 25.9 Å². The number of hydrogen-bond donors (Lipinski definition) is 1. The monoisotopic (exact) mass is 606 g/mol. The number of nitro groups is 1. The molecule has 1 N–H and O–H groups in total. The van der Waals surface area contributed by atoms with Crippen LogP contribution in [0.4, 0.5) is 11.4 Å². The van der Waals surface area contributed by atoms with Crippen molar-refractivity contribution in [2.75, 3.05) is 24.2 Å². The Morgan fingerprint density at radius 1 is 1.02 bits per heavy atom. The summed E-state index contributed by atoms with van der Waals surface area (Å²) in [5, 5.41) is 14.5. The number of nitro benzene ring substituents is 1. The Morgan fingerprint density at radius 3 is 2.20 bits per heavy atom. The smallest absolute Gasteiger partial charge is 0.271 e. The second-order valence-electron chi connectivity index (χ2n) is 9.04. The Hall–Kier alpha value is -3.67. The van der Waals surface area contributed by atoms with E-state index >= 15 is 0 Å². The summed E-state index contributed by atoms with van der Waals surface area (Å²) < 4.78 is 26.6. The first-order valence-corrected chi connectivity index (χ1v) is 14.6. The number of benzene rings is 3. The molecule has 2 amide bonds. The summed E-state index contributed by atoms with van der Waals surface area (Å²) in [7, 11) is -2.67. The maximum atomic E-state index is 14.0. The van der Waals surface area contributed by atoms with Crippen LogP contribution in [0, 0.1) is 17.0 Å². The maximum Gasteiger partial charge on any atom is 0.271 e. The van der Waals surface area contributed by atoms with Gasteiger partial charge in [-0.25, -0.2) is 8.42 Å². The third kappa shape index (κ3) is 7.50. The molecule has 0 saturated carbocycles. The number of anilines is 1. The number of hydrogen-bond acceptors (Lipinski definition) is 6. The van der Waals surface area contributed by atoms with E-state index in [0.717, 1.165) is 22.2 Å². The van der Waals surface area contributed by atoms with Gasteiger partial charge in [0, 0.05) is 47.8 Å². The summed E-state index contributed by atoms with van der Waals surface area (Å²) in [5.41, 5.74) is 1.16. The van der Waals surface area contributed by atoms with Gasteiger partial charge < -0.3 is 10.2 Å². The number of carbonyl (C=O) groups is 2. The van der Waals surface area contributed by atoms with Crippen molar-refractivity contribution in [3.05, 3.63) is 104 Å². The first-order valence-electron chi connectivity index (χ1n) is 12.0. The highest BCUT2D eigenvalue weighted by Crippen LogP contribution is 2.30. The molecule has 3 aromatic rings. The van der Waals surface area contributed by atoms with Gasteiger partial charge in [0.05, 0.1) is 16.9 Å². The standard InChI is InChI=1S/C27H28Cl2N4O6S/c1-18-12-13-20(33(36)37)15-24(18)32(40(3,38)39)17-26(34)31(16-21-22(28)10-7-11-23(21)29)25(27(35)30-2)14-19-8-5-4-6-9-19/h4-13,15,25H,14,16-17H2,1-3H3,(H,30,35)/t25-/m0/s1. The zero-order chi connectivity index (χ0) is 29.6. The Bertz CT molecular complexity index is 1500. The number of nitrogens with zero attached hydrogens (tertiary/aromatic N) is 3. The quantitative estimate of drug-likeness (QED) is 0.255. The summed E-state index contributed by atoms with van der Waals surface area (Å²) >= 11 is 12.8. The molecule has 0 aliphatic heterocycles. The van der Waals surface area contributed by atoms with Gasteiger partial charge in [0.1, 0.15) is 12.6 Å². The number of non-ortho nitro benzene ring substituents is 1. The number of sulfonamides is 1. The summed E-state index contributed by atoms with van der Waals surface area (Å²) in [4.78, 5) is 39.1. The van der Waals surface area contributed by atoms with Crippen LogP contribution in [0.25, 0.3) is 0 Å². The number of carbonyl (C=O) groups excluding carboxylic acids is 2. The van der Waals surface area contributed by atoms with E-state index in [9.17, 15) is 28.1 Å². The molecule has 3 rings (SSSR count). The normalized spacial score (nSPS) is 11.9. The van der Waals surface area contributed by atoms with E-state index in [1.54, 1.807) is 49.4 Å². The number of likely N-dealkylation sites (N-methyl/N-ethyl adjacent to an activating group) is 1. The SMILES string of the molecule is CNC(=O)[C@H](Cc1ccccc1)N(Cc1c(Cl)cccc1Cl)C(=O)CN(c1cc([N+](=O)[O-])ccc1C)S(C)(=O)=O. The molecule has 10 nitrogen and oxygen atoms in total. The third-order valence-electron chi connectivity index (χ3n) is 6.26. The van der Waals surface area contributed by atoms with E-state index in [4.69, 9.17) is 23.2 Å². The van der Waals surface area contributed by atoms with Crippen molar-refractivity contribution >= 4 is 56.4 Å². The predicted molar refractivity (Wildman–Crippen MR) is 155 cm³/mol. The molecule has 0 radical (unpaired) electrons. The summed E-state index contributed by atoms with van der Waals surface area (Å²) in [6.07, 6.45) is 1.01. The van der Waals surface area contributed by atoms with Gasteiger partial charge >= 0.3 is 0 Å². The Labute approximate surface area is 242 Å². The molecule has 0 bridgehead atoms. The van der Waals surface area contributed by atoms with Crippen molar-refractivity contribution in [2.24, 2.45) is 0 Å². The molecule has 1 atom stereocenters. The minimum Gasteiger partial charge on any atom is -0.357 e. The minimum absolute atomic E-state index is 0.0275. The largest absolute Gasteiger partial charge is 0.357 e. The van der Waals surface area contributed by atoms with Crippen LogP contribution in [0.3, 0.4) is 0 Å². The van der Waals surface area contributed by atoms with Crippen molar-refractivity contribution in [1.82, 2.24) is 10.2 Å². The average Bonchev–Trinajstić information content (AvgIpc) is 2.90. The lowest BCUT2D eigenvalue weighted by Crippen LogP contribution is -2.53. The highest BCUT2D eigenvalue weighted by molar-refractivity contribution is 7.92. The highest BCUT2D eigenvalue weighted by atomic mass is 35.5. The molecule has 40 heavy (non-hydrogen) atoms. The zero-order valence-corrected chi connectivity index (χ0v) is 24.3. The average molecular weight is 608 g/mol. The van der Waals surface area contributed by atoms with Crippen LogP contribution in [0.5, 0.6) is 0 Å². The summed E-state index contributed by atoms with van der Waals surface area (Å²) in [6, 6.07) is 16.5. The van der Waals surface area contributed by atoms with Crippen LogP contribution in [0.1, 0.15) is 16.7 Å². The molecule has 3 aromatic carbocycles. The van der Waals surface area contributed by atoms with E-state index < -0.39 is 39.3 Å². The second kappa shape index (κ2) is 13.1. The molecule has 0 aliphatic rings. The van der Waals surface area contributed by atoms with E-state index in [-0.39, 0.29) is 34.4 Å². The van der Waals surface area contributed by atoms with Crippen LogP contribution in [0.15, 0.2) is 66.7 Å². The molecule has 0 unspecified atom stereocenters. The lowest BCUT2D eigenvalue weighted by atomic mass is 10.0.